The van der Waals surface area contributed by atoms with E-state index < -0.39 is 17.6 Å². The van der Waals surface area contributed by atoms with Crippen molar-refractivity contribution in [3.63, 3.8) is 0 Å². The Kier molecular flexibility index (Phi) is 4.31. The first kappa shape index (κ1) is 17.5. The molecule has 0 radical (unpaired) electrons. The Balaban J connectivity index is 1.91. The van der Waals surface area contributed by atoms with E-state index in [4.69, 9.17) is 4.74 Å². The Morgan fingerprint density at radius 1 is 1.00 bits per heavy atom. The van der Waals surface area contributed by atoms with Crippen molar-refractivity contribution in [2.45, 2.75) is 6.92 Å². The third kappa shape index (κ3) is 3.14. The smallest absolute Gasteiger partial charge is 0.340 e. The van der Waals surface area contributed by atoms with Crippen molar-refractivity contribution in [3.05, 3.63) is 75.4 Å². The van der Waals surface area contributed by atoms with Gasteiger partial charge >= 0.3 is 5.97 Å². The summed E-state index contributed by atoms with van der Waals surface area (Å²) in [5.41, 5.74) is 2.27. The fourth-order valence-electron chi connectivity index (χ4n) is 2.95. The van der Waals surface area contributed by atoms with Gasteiger partial charge in [0.25, 0.3) is 0 Å². The summed E-state index contributed by atoms with van der Waals surface area (Å²) >= 11 is 1.29. The third-order valence-corrected chi connectivity index (χ3v) is 5.19. The fraction of sp³-hybridized carbons (Fsp3) is 0.100. The second-order valence-electron chi connectivity index (χ2n) is 5.98. The molecule has 0 unspecified atom stereocenters. The number of thiazole rings is 1. The molecule has 7 heteroatoms. The van der Waals surface area contributed by atoms with Crippen LogP contribution in [0.1, 0.15) is 15.4 Å². The highest BCUT2D eigenvalue weighted by atomic mass is 32.1. The van der Waals surface area contributed by atoms with Crippen molar-refractivity contribution in [1.82, 2.24) is 4.98 Å². The number of ether oxygens (including phenoxy) is 1. The Bertz CT molecular complexity index is 1090. The molecule has 0 spiro atoms. The number of aryl methyl sites for hydroxylation is 1. The van der Waals surface area contributed by atoms with Crippen molar-refractivity contribution < 1.29 is 22.7 Å². The summed E-state index contributed by atoms with van der Waals surface area (Å²) in [7, 11) is 0. The summed E-state index contributed by atoms with van der Waals surface area (Å²) in [4.78, 5) is 17.5. The lowest BCUT2D eigenvalue weighted by Gasteiger charge is -2.06. The minimum absolute atomic E-state index is 0.0426. The Morgan fingerprint density at radius 2 is 1.70 bits per heavy atom. The lowest BCUT2D eigenvalue weighted by Crippen LogP contribution is -1.98. The highest BCUT2D eigenvalue weighted by Crippen LogP contribution is 2.41. The first-order valence-electron chi connectivity index (χ1n) is 8.03. The van der Waals surface area contributed by atoms with E-state index in [1.165, 1.54) is 29.5 Å². The van der Waals surface area contributed by atoms with E-state index in [1.807, 2.05) is 0 Å². The zero-order chi connectivity index (χ0) is 19.1. The maximum absolute atomic E-state index is 13.7. The molecule has 0 fully saturated rings. The predicted octanol–water partition coefficient (Wildman–Crippen LogP) is 5.00. The second kappa shape index (κ2) is 6.66. The maximum atomic E-state index is 13.7. The van der Waals surface area contributed by atoms with Gasteiger partial charge in [-0.2, -0.15) is 0 Å². The molecule has 1 aliphatic rings. The molecule has 27 heavy (non-hydrogen) atoms. The van der Waals surface area contributed by atoms with Crippen LogP contribution in [0.4, 0.5) is 13.2 Å². The predicted molar refractivity (Wildman–Crippen MR) is 96.4 cm³/mol. The van der Waals surface area contributed by atoms with E-state index in [0.29, 0.717) is 32.3 Å². The average Bonchev–Trinajstić information content (AvgIpc) is 3.20. The van der Waals surface area contributed by atoms with Crippen LogP contribution in [-0.2, 0) is 9.53 Å². The first-order chi connectivity index (χ1) is 12.9. The van der Waals surface area contributed by atoms with Crippen LogP contribution in [0.3, 0.4) is 0 Å². The van der Waals surface area contributed by atoms with Crippen LogP contribution in [-0.4, -0.2) is 17.6 Å². The highest BCUT2D eigenvalue weighted by molar-refractivity contribution is 7.13. The van der Waals surface area contributed by atoms with Gasteiger partial charge in [-0.05, 0) is 48.9 Å². The number of esters is 1. The first-order valence-corrected chi connectivity index (χ1v) is 8.85. The normalized spacial score (nSPS) is 14.0. The highest BCUT2D eigenvalue weighted by Gasteiger charge is 2.31. The molecule has 3 nitrogen and oxygen atoms in total. The van der Waals surface area contributed by atoms with Gasteiger partial charge in [-0.1, -0.05) is 6.07 Å². The number of benzene rings is 2. The molecule has 136 valence electrons. The van der Waals surface area contributed by atoms with Gasteiger partial charge in [0.1, 0.15) is 12.4 Å². The van der Waals surface area contributed by atoms with Crippen molar-refractivity contribution in [3.8, 4) is 11.3 Å². The molecule has 1 aromatic heterocycles. The number of rotatable bonds is 3. The molecule has 0 atom stereocenters. The van der Waals surface area contributed by atoms with Gasteiger partial charge in [-0.15, -0.1) is 11.3 Å². The minimum atomic E-state index is -1.00. The van der Waals surface area contributed by atoms with Crippen LogP contribution in [0.25, 0.3) is 22.4 Å². The largest absolute Gasteiger partial charge is 0.457 e. The molecule has 0 bridgehead atoms. The van der Waals surface area contributed by atoms with Gasteiger partial charge in [-0.3, -0.25) is 0 Å². The fourth-order valence-corrected chi connectivity index (χ4v) is 3.95. The zero-order valence-electron chi connectivity index (χ0n) is 14.1. The second-order valence-corrected chi connectivity index (χ2v) is 7.18. The van der Waals surface area contributed by atoms with Crippen LogP contribution in [0, 0.1) is 24.4 Å². The summed E-state index contributed by atoms with van der Waals surface area (Å²) in [5.74, 6) is -2.90. The summed E-state index contributed by atoms with van der Waals surface area (Å²) in [6.07, 6.45) is 0. The summed E-state index contributed by atoms with van der Waals surface area (Å²) in [6.45, 7) is 1.75. The number of cyclic esters (lactones) is 1. The van der Waals surface area contributed by atoms with Gasteiger partial charge in [0.05, 0.1) is 21.2 Å². The third-order valence-electron chi connectivity index (χ3n) is 4.20. The van der Waals surface area contributed by atoms with Crippen LogP contribution in [0.15, 0.2) is 42.5 Å². The monoisotopic (exact) mass is 387 g/mol. The van der Waals surface area contributed by atoms with Gasteiger partial charge < -0.3 is 4.74 Å². The molecule has 4 rings (SSSR count). The van der Waals surface area contributed by atoms with E-state index in [2.05, 4.69) is 4.98 Å². The number of hydrogen-bond acceptors (Lipinski definition) is 4. The van der Waals surface area contributed by atoms with Crippen LogP contribution in [0.5, 0.6) is 0 Å². The van der Waals surface area contributed by atoms with Crippen molar-refractivity contribution in [2.24, 2.45) is 0 Å². The minimum Gasteiger partial charge on any atom is -0.457 e. The van der Waals surface area contributed by atoms with Crippen LogP contribution < -0.4 is 0 Å². The summed E-state index contributed by atoms with van der Waals surface area (Å²) in [5, 5.41) is 0.709. The SMILES string of the molecule is Cc1nc(-c2ccc(F)cc2)c(C2=C(c3ccc(F)c(F)c3)COC2=O)s1. The number of aromatic nitrogens is 1. The van der Waals surface area contributed by atoms with E-state index in [1.54, 1.807) is 19.1 Å². The lowest BCUT2D eigenvalue weighted by atomic mass is 9.98. The quantitative estimate of drug-likeness (QED) is 0.594. The zero-order valence-corrected chi connectivity index (χ0v) is 14.9. The molecule has 2 heterocycles. The molecule has 2 aromatic carbocycles. The number of hydrogen-bond donors (Lipinski definition) is 0. The number of nitrogens with zero attached hydrogens (tertiary/aromatic N) is 1. The van der Waals surface area contributed by atoms with E-state index in [-0.39, 0.29) is 18.0 Å². The van der Waals surface area contributed by atoms with Crippen molar-refractivity contribution in [1.29, 1.82) is 0 Å². The summed E-state index contributed by atoms with van der Waals surface area (Å²) < 4.78 is 45.4. The number of halogens is 3. The van der Waals surface area contributed by atoms with Crippen molar-refractivity contribution >= 4 is 28.5 Å². The van der Waals surface area contributed by atoms with E-state index in [0.717, 1.165) is 12.1 Å². The average molecular weight is 387 g/mol. The Labute approximate surface area is 156 Å². The molecule has 0 amide bonds. The van der Waals surface area contributed by atoms with Crippen LogP contribution in [0.2, 0.25) is 0 Å². The van der Waals surface area contributed by atoms with Gasteiger partial charge in [0, 0.05) is 11.1 Å². The standard InChI is InChI=1S/C20H12F3NO2S/c1-10-24-18(11-2-5-13(21)6-3-11)19(27-10)17-14(9-26-20(17)25)12-4-7-15(22)16(23)8-12/h2-8H,9H2,1H3. The Hall–Kier alpha value is -2.93. The molecule has 1 aliphatic heterocycles. The van der Waals surface area contributed by atoms with Gasteiger partial charge in [0.15, 0.2) is 11.6 Å². The molecular weight excluding hydrogens is 375 g/mol. The molecule has 0 N–H and O–H groups in total. The molecule has 0 aliphatic carbocycles. The lowest BCUT2D eigenvalue weighted by molar-refractivity contribution is -0.133. The Morgan fingerprint density at radius 3 is 2.41 bits per heavy atom. The van der Waals surface area contributed by atoms with Crippen LogP contribution >= 0.6 is 11.3 Å². The molecular formula is C20H12F3NO2S. The molecule has 0 saturated heterocycles. The molecule has 3 aromatic rings. The topological polar surface area (TPSA) is 39.2 Å². The number of carbonyl (C=O) groups is 1. The van der Waals surface area contributed by atoms with E-state index >= 15 is 0 Å². The molecule has 0 saturated carbocycles. The summed E-state index contributed by atoms with van der Waals surface area (Å²) in [6, 6.07) is 9.23. The van der Waals surface area contributed by atoms with Gasteiger partial charge in [0.2, 0.25) is 0 Å². The van der Waals surface area contributed by atoms with Crippen molar-refractivity contribution in [2.75, 3.05) is 6.61 Å². The number of carbonyl (C=O) groups excluding carboxylic acids is 1. The van der Waals surface area contributed by atoms with E-state index in [9.17, 15) is 18.0 Å². The maximum Gasteiger partial charge on any atom is 0.340 e. The van der Waals surface area contributed by atoms with Gasteiger partial charge in [-0.25, -0.2) is 22.9 Å².